The minimum Gasteiger partial charge on any atom is -0.400 e. The van der Waals surface area contributed by atoms with Gasteiger partial charge in [-0.05, 0) is 19.4 Å². The van der Waals surface area contributed by atoms with Gasteiger partial charge in [0.25, 0.3) is 0 Å². The SMILES string of the molecule is CO[SiH](CCCC(C)C#N)OC. The van der Waals surface area contributed by atoms with E-state index in [4.69, 9.17) is 14.1 Å². The Morgan fingerprint density at radius 2 is 2.00 bits per heavy atom. The molecule has 0 fully saturated rings. The number of rotatable bonds is 6. The Kier molecular flexibility index (Phi) is 7.06. The van der Waals surface area contributed by atoms with Crippen molar-refractivity contribution in [2.45, 2.75) is 25.8 Å². The van der Waals surface area contributed by atoms with Gasteiger partial charge in [-0.25, -0.2) is 0 Å². The van der Waals surface area contributed by atoms with Crippen LogP contribution < -0.4 is 0 Å². The Labute approximate surface area is 76.1 Å². The average Bonchev–Trinajstić information content (AvgIpc) is 2.12. The summed E-state index contributed by atoms with van der Waals surface area (Å²) in [6.45, 7) is 1.94. The van der Waals surface area contributed by atoms with Gasteiger partial charge in [0.15, 0.2) is 0 Å². The van der Waals surface area contributed by atoms with Crippen LogP contribution in [0.25, 0.3) is 0 Å². The van der Waals surface area contributed by atoms with Crippen molar-refractivity contribution in [3.63, 3.8) is 0 Å². The summed E-state index contributed by atoms with van der Waals surface area (Å²) in [5, 5.41) is 8.51. The van der Waals surface area contributed by atoms with Crippen LogP contribution >= 0.6 is 0 Å². The highest BCUT2D eigenvalue weighted by Crippen LogP contribution is 2.09. The van der Waals surface area contributed by atoms with Crippen LogP contribution in [0.1, 0.15) is 19.8 Å². The zero-order valence-electron chi connectivity index (χ0n) is 8.04. The third-order valence-electron chi connectivity index (χ3n) is 1.82. The lowest BCUT2D eigenvalue weighted by Crippen LogP contribution is -2.18. The molecule has 0 aromatic heterocycles. The molecule has 0 aliphatic carbocycles. The van der Waals surface area contributed by atoms with Crippen LogP contribution in [0, 0.1) is 17.2 Å². The minimum atomic E-state index is -1.37. The smallest absolute Gasteiger partial charge is 0.320 e. The van der Waals surface area contributed by atoms with Crippen LogP contribution in [0.3, 0.4) is 0 Å². The van der Waals surface area contributed by atoms with Crippen LogP contribution in [-0.4, -0.2) is 23.5 Å². The topological polar surface area (TPSA) is 42.2 Å². The van der Waals surface area contributed by atoms with Crippen LogP contribution in [-0.2, 0) is 8.85 Å². The highest BCUT2D eigenvalue weighted by Gasteiger charge is 2.09. The molecule has 0 aliphatic rings. The largest absolute Gasteiger partial charge is 0.400 e. The molecule has 0 aliphatic heterocycles. The van der Waals surface area contributed by atoms with E-state index in [0.717, 1.165) is 18.9 Å². The van der Waals surface area contributed by atoms with E-state index < -0.39 is 9.28 Å². The van der Waals surface area contributed by atoms with Gasteiger partial charge in [-0.15, -0.1) is 0 Å². The molecule has 70 valence electrons. The fourth-order valence-electron chi connectivity index (χ4n) is 0.987. The van der Waals surface area contributed by atoms with E-state index in [0.29, 0.717) is 0 Å². The first-order valence-electron chi connectivity index (χ1n) is 4.19. The molecule has 0 aromatic rings. The predicted molar refractivity (Wildman–Crippen MR) is 50.0 cm³/mol. The lowest BCUT2D eigenvalue weighted by atomic mass is 10.1. The van der Waals surface area contributed by atoms with E-state index in [-0.39, 0.29) is 5.92 Å². The van der Waals surface area contributed by atoms with E-state index in [1.807, 2.05) is 6.92 Å². The normalized spacial score (nSPS) is 12.9. The summed E-state index contributed by atoms with van der Waals surface area (Å²) in [6.07, 6.45) is 1.99. The Morgan fingerprint density at radius 3 is 2.42 bits per heavy atom. The second kappa shape index (κ2) is 7.29. The Bertz CT molecular complexity index is 142. The monoisotopic (exact) mass is 187 g/mol. The molecular weight excluding hydrogens is 170 g/mol. The summed E-state index contributed by atoms with van der Waals surface area (Å²) in [5.41, 5.74) is 0. The van der Waals surface area contributed by atoms with Gasteiger partial charge in [-0.3, -0.25) is 0 Å². The van der Waals surface area contributed by atoms with Gasteiger partial charge in [0.1, 0.15) is 0 Å². The molecule has 0 heterocycles. The Balaban J connectivity index is 3.36. The summed E-state index contributed by atoms with van der Waals surface area (Å²) >= 11 is 0. The standard InChI is InChI=1S/C8H17NO2Si/c1-8(7-9)5-4-6-12(10-2)11-3/h8,12H,4-6H2,1-3H3. The molecule has 0 aromatic carbocycles. The van der Waals surface area contributed by atoms with Crippen LogP contribution in [0.4, 0.5) is 0 Å². The first-order chi connectivity index (χ1) is 5.74. The second-order valence-corrected chi connectivity index (χ2v) is 5.24. The molecule has 0 N–H and O–H groups in total. The lowest BCUT2D eigenvalue weighted by Gasteiger charge is -2.10. The molecule has 0 amide bonds. The van der Waals surface area contributed by atoms with Crippen LogP contribution in [0.5, 0.6) is 0 Å². The third kappa shape index (κ3) is 5.30. The predicted octanol–water partition coefficient (Wildman–Crippen LogP) is 1.44. The number of hydrogen-bond donors (Lipinski definition) is 0. The van der Waals surface area contributed by atoms with E-state index >= 15 is 0 Å². The van der Waals surface area contributed by atoms with Gasteiger partial charge in [-0.2, -0.15) is 5.26 Å². The first kappa shape index (κ1) is 11.6. The fourth-order valence-corrected chi connectivity index (χ4v) is 2.22. The van der Waals surface area contributed by atoms with Gasteiger partial charge in [0, 0.05) is 20.1 Å². The van der Waals surface area contributed by atoms with Crippen molar-refractivity contribution in [3.8, 4) is 6.07 Å². The molecule has 0 radical (unpaired) electrons. The maximum Gasteiger partial charge on any atom is 0.320 e. The van der Waals surface area contributed by atoms with E-state index in [9.17, 15) is 0 Å². The highest BCUT2D eigenvalue weighted by molar-refractivity contribution is 6.44. The van der Waals surface area contributed by atoms with Crippen molar-refractivity contribution in [3.05, 3.63) is 0 Å². The van der Waals surface area contributed by atoms with Gasteiger partial charge in [0.2, 0.25) is 0 Å². The molecule has 4 heteroatoms. The molecule has 0 bridgehead atoms. The molecule has 1 unspecified atom stereocenters. The number of hydrogen-bond acceptors (Lipinski definition) is 3. The zero-order valence-corrected chi connectivity index (χ0v) is 9.19. The van der Waals surface area contributed by atoms with Gasteiger partial charge in [-0.1, -0.05) is 6.42 Å². The van der Waals surface area contributed by atoms with Gasteiger partial charge >= 0.3 is 9.28 Å². The first-order valence-corrected chi connectivity index (χ1v) is 5.95. The lowest BCUT2D eigenvalue weighted by molar-refractivity contribution is 0.276. The summed E-state index contributed by atoms with van der Waals surface area (Å²) in [6, 6.07) is 3.21. The summed E-state index contributed by atoms with van der Waals surface area (Å²) in [7, 11) is 2.01. The number of nitrogens with zero attached hydrogens (tertiary/aromatic N) is 1. The average molecular weight is 187 g/mol. The molecule has 1 atom stereocenters. The quantitative estimate of drug-likeness (QED) is 0.591. The summed E-state index contributed by atoms with van der Waals surface area (Å²) in [4.78, 5) is 0. The third-order valence-corrected chi connectivity index (χ3v) is 3.75. The fraction of sp³-hybridized carbons (Fsp3) is 0.875. The zero-order chi connectivity index (χ0) is 9.40. The van der Waals surface area contributed by atoms with Crippen molar-refractivity contribution in [2.24, 2.45) is 5.92 Å². The molecule has 12 heavy (non-hydrogen) atoms. The maximum absolute atomic E-state index is 8.51. The summed E-state index contributed by atoms with van der Waals surface area (Å²) in [5.74, 6) is 0.161. The molecule has 0 saturated carbocycles. The van der Waals surface area contributed by atoms with Crippen LogP contribution in [0.15, 0.2) is 0 Å². The van der Waals surface area contributed by atoms with E-state index in [1.165, 1.54) is 0 Å². The van der Waals surface area contributed by atoms with Gasteiger partial charge in [0.05, 0.1) is 6.07 Å². The molecular formula is C8H17NO2Si. The van der Waals surface area contributed by atoms with Crippen LogP contribution in [0.2, 0.25) is 6.04 Å². The van der Waals surface area contributed by atoms with Gasteiger partial charge < -0.3 is 8.85 Å². The summed E-state index contributed by atoms with van der Waals surface area (Å²) < 4.78 is 10.3. The Hall–Kier alpha value is -0.373. The van der Waals surface area contributed by atoms with E-state index in [1.54, 1.807) is 14.2 Å². The molecule has 0 saturated heterocycles. The van der Waals surface area contributed by atoms with E-state index in [2.05, 4.69) is 6.07 Å². The van der Waals surface area contributed by atoms with Crippen molar-refractivity contribution >= 4 is 9.28 Å². The molecule has 0 spiro atoms. The second-order valence-electron chi connectivity index (χ2n) is 2.86. The maximum atomic E-state index is 8.51. The number of nitriles is 1. The molecule has 0 rings (SSSR count). The highest BCUT2D eigenvalue weighted by atomic mass is 28.3. The van der Waals surface area contributed by atoms with Crippen molar-refractivity contribution < 1.29 is 8.85 Å². The van der Waals surface area contributed by atoms with Crippen molar-refractivity contribution in [1.29, 1.82) is 5.26 Å². The molecule has 3 nitrogen and oxygen atoms in total. The minimum absolute atomic E-state index is 0.161. The van der Waals surface area contributed by atoms with Crippen molar-refractivity contribution in [1.82, 2.24) is 0 Å². The Morgan fingerprint density at radius 1 is 1.42 bits per heavy atom. The van der Waals surface area contributed by atoms with Crippen molar-refractivity contribution in [2.75, 3.05) is 14.2 Å².